The van der Waals surface area contributed by atoms with Crippen LogP contribution < -0.4 is 10.5 Å². The number of hydrogen-bond acceptors (Lipinski definition) is 3. The summed E-state index contributed by atoms with van der Waals surface area (Å²) in [6.07, 6.45) is 10.9. The van der Waals surface area contributed by atoms with Crippen molar-refractivity contribution >= 4 is 16.1 Å². The fraction of sp³-hybridized carbons (Fsp3) is 0.812. The molecule has 0 saturated carbocycles. The number of nitrogens with zero attached hydrogens (tertiary/aromatic N) is 1. The molecule has 6 nitrogen and oxygen atoms in total. The lowest BCUT2D eigenvalue weighted by atomic mass is 9.99. The molecule has 1 aliphatic heterocycles. The molecule has 2 amide bonds. The van der Waals surface area contributed by atoms with E-state index in [4.69, 9.17) is 5.14 Å². The number of amides is 2. The Kier molecular flexibility index (Phi) is 6.89. The van der Waals surface area contributed by atoms with Gasteiger partial charge in [0.2, 0.25) is 10.0 Å². The smallest absolute Gasteiger partial charge is 0.317 e. The first-order valence-electron chi connectivity index (χ1n) is 8.65. The topological polar surface area (TPSA) is 92.5 Å². The Bertz CT molecular complexity index is 523. The molecule has 7 heteroatoms. The molecule has 1 heterocycles. The molecule has 2 rings (SSSR count). The first kappa shape index (κ1) is 18.3. The number of urea groups is 1. The SMILES string of the molecule is NS(=O)(=O)CC1CCN(C(=O)NCCC2=CCCCCC2)CC1. The maximum atomic E-state index is 12.2. The van der Waals surface area contributed by atoms with E-state index in [-0.39, 0.29) is 17.7 Å². The number of nitrogens with two attached hydrogens (primary N) is 1. The van der Waals surface area contributed by atoms with Crippen molar-refractivity contribution in [2.24, 2.45) is 11.1 Å². The Morgan fingerprint density at radius 2 is 2.00 bits per heavy atom. The minimum absolute atomic E-state index is 0.0244. The predicted octanol–water partition coefficient (Wildman–Crippen LogP) is 1.98. The maximum absolute atomic E-state index is 12.2. The third kappa shape index (κ3) is 6.91. The van der Waals surface area contributed by atoms with E-state index in [0.29, 0.717) is 32.5 Å². The van der Waals surface area contributed by atoms with Crippen LogP contribution in [0.25, 0.3) is 0 Å². The summed E-state index contributed by atoms with van der Waals surface area (Å²) in [5.74, 6) is 0.0987. The molecule has 0 spiro atoms. The van der Waals surface area contributed by atoms with Gasteiger partial charge in [-0.1, -0.05) is 18.1 Å². The van der Waals surface area contributed by atoms with Gasteiger partial charge in [0.1, 0.15) is 0 Å². The lowest BCUT2D eigenvalue weighted by Crippen LogP contribution is -2.45. The van der Waals surface area contributed by atoms with Crippen LogP contribution in [0.4, 0.5) is 4.79 Å². The quantitative estimate of drug-likeness (QED) is 0.748. The number of carbonyl (C=O) groups is 1. The van der Waals surface area contributed by atoms with E-state index in [1.165, 1.54) is 31.3 Å². The highest BCUT2D eigenvalue weighted by Crippen LogP contribution is 2.20. The van der Waals surface area contributed by atoms with Gasteiger partial charge in [-0.25, -0.2) is 18.4 Å². The second-order valence-corrected chi connectivity index (χ2v) is 8.36. The van der Waals surface area contributed by atoms with Crippen LogP contribution in [0.3, 0.4) is 0 Å². The Morgan fingerprint density at radius 3 is 2.70 bits per heavy atom. The first-order valence-corrected chi connectivity index (χ1v) is 10.4. The van der Waals surface area contributed by atoms with Gasteiger partial charge >= 0.3 is 6.03 Å². The zero-order chi connectivity index (χ0) is 16.7. The van der Waals surface area contributed by atoms with Crippen molar-refractivity contribution in [1.29, 1.82) is 0 Å². The van der Waals surface area contributed by atoms with Gasteiger partial charge in [0, 0.05) is 19.6 Å². The Hall–Kier alpha value is -1.08. The molecule has 0 radical (unpaired) electrons. The van der Waals surface area contributed by atoms with Gasteiger partial charge in [0.05, 0.1) is 5.75 Å². The van der Waals surface area contributed by atoms with Crippen molar-refractivity contribution in [1.82, 2.24) is 10.2 Å². The van der Waals surface area contributed by atoms with Crippen molar-refractivity contribution < 1.29 is 13.2 Å². The molecule has 0 aromatic carbocycles. The minimum atomic E-state index is -3.42. The van der Waals surface area contributed by atoms with Crippen LogP contribution in [0.2, 0.25) is 0 Å². The number of piperidine rings is 1. The van der Waals surface area contributed by atoms with E-state index in [9.17, 15) is 13.2 Å². The number of likely N-dealkylation sites (tertiary alicyclic amines) is 1. The Balaban J connectivity index is 1.66. The molecule has 2 aliphatic rings. The maximum Gasteiger partial charge on any atom is 0.317 e. The minimum Gasteiger partial charge on any atom is -0.338 e. The van der Waals surface area contributed by atoms with Crippen LogP contribution in [-0.2, 0) is 10.0 Å². The highest BCUT2D eigenvalue weighted by Gasteiger charge is 2.25. The molecule has 0 unspecified atom stereocenters. The molecular formula is C16H29N3O3S. The van der Waals surface area contributed by atoms with Crippen LogP contribution in [0.1, 0.15) is 51.4 Å². The number of sulfonamides is 1. The van der Waals surface area contributed by atoms with Crippen molar-refractivity contribution in [2.75, 3.05) is 25.4 Å². The first-order chi connectivity index (χ1) is 10.9. The van der Waals surface area contributed by atoms with Gasteiger partial charge in [-0.05, 0) is 50.9 Å². The van der Waals surface area contributed by atoms with E-state index in [2.05, 4.69) is 11.4 Å². The van der Waals surface area contributed by atoms with Crippen LogP contribution in [-0.4, -0.2) is 44.7 Å². The molecule has 132 valence electrons. The molecule has 1 saturated heterocycles. The third-order valence-corrected chi connectivity index (χ3v) is 5.66. The Labute approximate surface area is 139 Å². The summed E-state index contributed by atoms with van der Waals surface area (Å²) in [5, 5.41) is 8.07. The van der Waals surface area contributed by atoms with Crippen molar-refractivity contribution in [3.63, 3.8) is 0 Å². The average Bonchev–Trinajstić information content (AvgIpc) is 2.75. The van der Waals surface area contributed by atoms with E-state index >= 15 is 0 Å². The van der Waals surface area contributed by atoms with E-state index < -0.39 is 10.0 Å². The number of hydrogen-bond donors (Lipinski definition) is 2. The summed E-state index contributed by atoms with van der Waals surface area (Å²) >= 11 is 0. The lowest BCUT2D eigenvalue weighted by Gasteiger charge is -2.31. The largest absolute Gasteiger partial charge is 0.338 e. The molecule has 0 aromatic heterocycles. The highest BCUT2D eigenvalue weighted by molar-refractivity contribution is 7.89. The molecule has 0 atom stereocenters. The van der Waals surface area contributed by atoms with Crippen LogP contribution in [0, 0.1) is 5.92 Å². The molecular weight excluding hydrogens is 314 g/mol. The number of nitrogens with one attached hydrogen (secondary N) is 1. The summed E-state index contributed by atoms with van der Waals surface area (Å²) in [7, 11) is -3.42. The zero-order valence-electron chi connectivity index (χ0n) is 13.8. The molecule has 23 heavy (non-hydrogen) atoms. The highest BCUT2D eigenvalue weighted by atomic mass is 32.2. The fourth-order valence-electron chi connectivity index (χ4n) is 3.38. The van der Waals surface area contributed by atoms with Crippen LogP contribution in [0.15, 0.2) is 11.6 Å². The summed E-state index contributed by atoms with van der Waals surface area (Å²) in [5.41, 5.74) is 1.47. The average molecular weight is 343 g/mol. The van der Waals surface area contributed by atoms with Gasteiger partial charge < -0.3 is 10.2 Å². The van der Waals surface area contributed by atoms with E-state index in [0.717, 1.165) is 12.8 Å². The second kappa shape index (κ2) is 8.68. The normalized spacial score (nSPS) is 20.7. The Morgan fingerprint density at radius 1 is 1.26 bits per heavy atom. The number of allylic oxidation sites excluding steroid dienone is 1. The van der Waals surface area contributed by atoms with Gasteiger partial charge in [-0.2, -0.15) is 0 Å². The number of carbonyl (C=O) groups excluding carboxylic acids is 1. The molecule has 1 fully saturated rings. The molecule has 0 bridgehead atoms. The summed E-state index contributed by atoms with van der Waals surface area (Å²) in [6.45, 7) is 1.89. The summed E-state index contributed by atoms with van der Waals surface area (Å²) in [6, 6.07) is -0.0340. The predicted molar refractivity (Wildman–Crippen MR) is 91.5 cm³/mol. The van der Waals surface area contributed by atoms with Gasteiger partial charge in [0.25, 0.3) is 0 Å². The standard InChI is InChI=1S/C16H29N3O3S/c17-23(21,22)13-15-8-11-19(12-9-15)16(20)18-10-7-14-5-3-1-2-4-6-14/h5,15H,1-4,6-13H2,(H,18,20)(H2,17,21,22). The molecule has 1 aliphatic carbocycles. The lowest BCUT2D eigenvalue weighted by molar-refractivity contribution is 0.174. The third-order valence-electron chi connectivity index (χ3n) is 4.73. The van der Waals surface area contributed by atoms with E-state index in [1.807, 2.05) is 0 Å². The summed E-state index contributed by atoms with van der Waals surface area (Å²) < 4.78 is 22.2. The van der Waals surface area contributed by atoms with Gasteiger partial charge in [-0.3, -0.25) is 0 Å². The van der Waals surface area contributed by atoms with E-state index in [1.54, 1.807) is 4.90 Å². The second-order valence-electron chi connectivity index (χ2n) is 6.70. The monoisotopic (exact) mass is 343 g/mol. The molecule has 3 N–H and O–H groups in total. The van der Waals surface area contributed by atoms with Gasteiger partial charge in [-0.15, -0.1) is 0 Å². The van der Waals surface area contributed by atoms with Crippen molar-refractivity contribution in [2.45, 2.75) is 51.4 Å². The number of rotatable bonds is 5. The van der Waals surface area contributed by atoms with Gasteiger partial charge in [0.15, 0.2) is 0 Å². The van der Waals surface area contributed by atoms with Crippen molar-refractivity contribution in [3.8, 4) is 0 Å². The molecule has 0 aromatic rings. The van der Waals surface area contributed by atoms with Crippen LogP contribution in [0.5, 0.6) is 0 Å². The summed E-state index contributed by atoms with van der Waals surface area (Å²) in [4.78, 5) is 13.9. The van der Waals surface area contributed by atoms with Crippen LogP contribution >= 0.6 is 0 Å². The number of primary sulfonamides is 1. The zero-order valence-corrected chi connectivity index (χ0v) is 14.6. The van der Waals surface area contributed by atoms with Crippen molar-refractivity contribution in [3.05, 3.63) is 11.6 Å². The fourth-order valence-corrected chi connectivity index (χ4v) is 4.37.